The SMILES string of the molecule is CC(C)(O)C1Cc2c(c3c4oc(c(CC=O)c(=O)c4c2OC2CCCC2)C(O)CC(N=C(N)N)CSSC3)O1. The molecule has 0 spiro atoms. The van der Waals surface area contributed by atoms with Crippen molar-refractivity contribution in [3.63, 3.8) is 0 Å². The molecule has 3 heterocycles. The molecule has 10 nitrogen and oxygen atoms in total. The first-order valence-electron chi connectivity index (χ1n) is 13.3. The number of nitrogens with zero attached hydrogens (tertiary/aromatic N) is 1. The maximum absolute atomic E-state index is 14.2. The summed E-state index contributed by atoms with van der Waals surface area (Å²) in [6.45, 7) is 3.38. The molecule has 6 N–H and O–H groups in total. The van der Waals surface area contributed by atoms with Crippen LogP contribution in [-0.2, 0) is 23.4 Å². The van der Waals surface area contributed by atoms with E-state index in [9.17, 15) is 19.8 Å². The van der Waals surface area contributed by atoms with Crippen molar-refractivity contribution in [2.24, 2.45) is 16.5 Å². The molecule has 2 bridgehead atoms. The molecule has 0 amide bonds. The summed E-state index contributed by atoms with van der Waals surface area (Å²) in [4.78, 5) is 30.1. The Kier molecular flexibility index (Phi) is 8.10. The molecule has 0 radical (unpaired) electrons. The lowest BCUT2D eigenvalue weighted by atomic mass is 9.93. The molecule has 3 aliphatic rings. The quantitative estimate of drug-likeness (QED) is 0.172. The van der Waals surface area contributed by atoms with Gasteiger partial charge in [-0.05, 0) is 39.5 Å². The monoisotopic (exact) mass is 577 g/mol. The predicted molar refractivity (Wildman–Crippen MR) is 152 cm³/mol. The van der Waals surface area contributed by atoms with E-state index in [1.54, 1.807) is 13.8 Å². The minimum Gasteiger partial charge on any atom is -0.489 e. The topological polar surface area (TPSA) is 171 Å². The number of aliphatic hydroxyl groups excluding tert-OH is 1. The summed E-state index contributed by atoms with van der Waals surface area (Å²) in [5.74, 6) is 1.80. The van der Waals surface area contributed by atoms with Crippen molar-refractivity contribution in [1.29, 1.82) is 0 Å². The lowest BCUT2D eigenvalue weighted by Crippen LogP contribution is -2.39. The minimum atomic E-state index is -1.22. The smallest absolute Gasteiger partial charge is 0.200 e. The highest BCUT2D eigenvalue weighted by atomic mass is 33.1. The highest BCUT2D eigenvalue weighted by molar-refractivity contribution is 8.76. The zero-order valence-corrected chi connectivity index (χ0v) is 23.7. The highest BCUT2D eigenvalue weighted by Gasteiger charge is 2.41. The molecular weight excluding hydrogens is 542 g/mol. The second kappa shape index (κ2) is 11.2. The van der Waals surface area contributed by atoms with Crippen molar-refractivity contribution in [3.05, 3.63) is 32.7 Å². The van der Waals surface area contributed by atoms with Crippen molar-refractivity contribution < 1.29 is 28.9 Å². The number of guanidine groups is 1. The molecule has 2 aromatic rings. The minimum absolute atomic E-state index is 0.0253. The molecule has 3 unspecified atom stereocenters. The van der Waals surface area contributed by atoms with Gasteiger partial charge in [0, 0.05) is 47.5 Å². The van der Waals surface area contributed by atoms with Crippen LogP contribution in [0.5, 0.6) is 11.5 Å². The Morgan fingerprint density at radius 3 is 2.64 bits per heavy atom. The number of carbonyl (C=O) groups excluding carboxylic acids is 1. The third-order valence-corrected chi connectivity index (χ3v) is 9.91. The average molecular weight is 578 g/mol. The second-order valence-electron chi connectivity index (χ2n) is 11.0. The standard InChI is InChI=1S/C27H35N3O7S2/c1-27(2,34)19-10-16-22(36-19)17-12-39-38-11-13(30-26(28)29)9-18(32)23-15(7-8-31)21(33)20(25(17)37-23)24(16)35-14-5-3-4-6-14/h8,13-14,18-19,32,34H,3-7,9-12H2,1-2H3,(H4,28,29,30). The first-order valence-corrected chi connectivity index (χ1v) is 15.7. The number of benzene rings is 1. The number of carbonyl (C=O) groups is 1. The number of aldehydes is 1. The fourth-order valence-electron chi connectivity index (χ4n) is 5.58. The third-order valence-electron chi connectivity index (χ3n) is 7.55. The van der Waals surface area contributed by atoms with E-state index in [-0.39, 0.29) is 47.2 Å². The fraction of sp³-hybridized carbons (Fsp3) is 0.593. The van der Waals surface area contributed by atoms with Gasteiger partial charge in [-0.3, -0.25) is 4.79 Å². The number of nitrogens with two attached hydrogens (primary N) is 2. The van der Waals surface area contributed by atoms with Gasteiger partial charge in [-0.15, -0.1) is 0 Å². The lowest BCUT2D eigenvalue weighted by Gasteiger charge is -2.25. The van der Waals surface area contributed by atoms with Gasteiger partial charge in [-0.2, -0.15) is 0 Å². The number of fused-ring (bicyclic) bond motifs is 3. The van der Waals surface area contributed by atoms with E-state index in [1.807, 2.05) is 0 Å². The fourth-order valence-corrected chi connectivity index (χ4v) is 7.87. The van der Waals surface area contributed by atoms with Gasteiger partial charge in [-0.1, -0.05) is 21.6 Å². The molecule has 1 aromatic heterocycles. The Balaban J connectivity index is 1.77. The summed E-state index contributed by atoms with van der Waals surface area (Å²) in [7, 11) is 3.07. The van der Waals surface area contributed by atoms with Crippen molar-refractivity contribution in [3.8, 4) is 11.5 Å². The predicted octanol–water partition coefficient (Wildman–Crippen LogP) is 2.89. The summed E-state index contributed by atoms with van der Waals surface area (Å²) >= 11 is 0. The summed E-state index contributed by atoms with van der Waals surface area (Å²) < 4.78 is 19.3. The maximum Gasteiger partial charge on any atom is 0.200 e. The van der Waals surface area contributed by atoms with Crippen LogP contribution in [0.3, 0.4) is 0 Å². The van der Waals surface area contributed by atoms with Gasteiger partial charge < -0.3 is 40.4 Å². The number of rotatable bonds is 6. The van der Waals surface area contributed by atoms with Crippen LogP contribution in [0.15, 0.2) is 14.2 Å². The molecule has 3 atom stereocenters. The molecule has 12 heteroatoms. The largest absolute Gasteiger partial charge is 0.489 e. The van der Waals surface area contributed by atoms with Crippen molar-refractivity contribution in [2.45, 2.75) is 94.5 Å². The van der Waals surface area contributed by atoms with Crippen LogP contribution in [0.1, 0.15) is 74.5 Å². The molecule has 1 aliphatic carbocycles. The number of aliphatic imine (C=N–C) groups is 1. The van der Waals surface area contributed by atoms with Crippen LogP contribution in [0, 0.1) is 0 Å². The van der Waals surface area contributed by atoms with Gasteiger partial charge in [-0.25, -0.2) is 4.99 Å². The van der Waals surface area contributed by atoms with E-state index in [0.29, 0.717) is 41.3 Å². The molecule has 0 saturated heterocycles. The Morgan fingerprint density at radius 2 is 1.97 bits per heavy atom. The molecule has 2 aliphatic heterocycles. The third kappa shape index (κ3) is 5.61. The van der Waals surface area contributed by atoms with Crippen LogP contribution >= 0.6 is 21.6 Å². The van der Waals surface area contributed by atoms with Crippen LogP contribution in [-0.4, -0.2) is 52.1 Å². The Labute approximate surface area is 234 Å². The normalized spacial score (nSPS) is 23.7. The zero-order valence-electron chi connectivity index (χ0n) is 22.1. The first-order chi connectivity index (χ1) is 18.6. The molecule has 1 saturated carbocycles. The van der Waals surface area contributed by atoms with Gasteiger partial charge in [0.2, 0.25) is 0 Å². The van der Waals surface area contributed by atoms with E-state index < -0.39 is 29.3 Å². The van der Waals surface area contributed by atoms with Crippen LogP contribution in [0.4, 0.5) is 0 Å². The molecule has 1 fully saturated rings. The Morgan fingerprint density at radius 1 is 1.23 bits per heavy atom. The summed E-state index contributed by atoms with van der Waals surface area (Å²) in [6.07, 6.45) is 2.86. The highest BCUT2D eigenvalue weighted by Crippen LogP contribution is 2.50. The van der Waals surface area contributed by atoms with E-state index in [1.165, 1.54) is 21.6 Å². The molecule has 1 aromatic carbocycles. The number of aliphatic hydroxyl groups is 2. The van der Waals surface area contributed by atoms with E-state index in [2.05, 4.69) is 4.99 Å². The lowest BCUT2D eigenvalue weighted by molar-refractivity contribution is -0.107. The zero-order chi connectivity index (χ0) is 27.9. The summed E-state index contributed by atoms with van der Waals surface area (Å²) in [5, 5.41) is 22.4. The molecule has 212 valence electrons. The van der Waals surface area contributed by atoms with Gasteiger partial charge in [0.25, 0.3) is 0 Å². The average Bonchev–Trinajstić information content (AvgIpc) is 3.53. The maximum atomic E-state index is 14.2. The van der Waals surface area contributed by atoms with Crippen LogP contribution in [0.2, 0.25) is 0 Å². The number of hydrogen-bond donors (Lipinski definition) is 4. The molecule has 39 heavy (non-hydrogen) atoms. The summed E-state index contributed by atoms with van der Waals surface area (Å²) in [5.41, 5.74) is 11.5. The van der Waals surface area contributed by atoms with Crippen molar-refractivity contribution in [2.75, 3.05) is 5.75 Å². The van der Waals surface area contributed by atoms with Gasteiger partial charge in [0.05, 0.1) is 17.7 Å². The molecular formula is C27H35N3O7S2. The van der Waals surface area contributed by atoms with Crippen LogP contribution in [0.25, 0.3) is 11.0 Å². The van der Waals surface area contributed by atoms with Gasteiger partial charge in [0.1, 0.15) is 46.7 Å². The van der Waals surface area contributed by atoms with Crippen LogP contribution < -0.4 is 26.4 Å². The van der Waals surface area contributed by atoms with E-state index in [4.69, 9.17) is 25.4 Å². The molecule has 5 rings (SSSR count). The Hall–Kier alpha value is -2.41. The van der Waals surface area contributed by atoms with Crippen molar-refractivity contribution in [1.82, 2.24) is 0 Å². The van der Waals surface area contributed by atoms with Crippen molar-refractivity contribution >= 4 is 44.8 Å². The van der Waals surface area contributed by atoms with Gasteiger partial charge >= 0.3 is 0 Å². The van der Waals surface area contributed by atoms with Gasteiger partial charge in [0.15, 0.2) is 11.4 Å². The number of ether oxygens (including phenoxy) is 2. The Bertz CT molecular complexity index is 1340. The second-order valence-corrected chi connectivity index (χ2v) is 13.5. The van der Waals surface area contributed by atoms with E-state index >= 15 is 0 Å². The first kappa shape index (κ1) is 28.1. The number of hydrogen-bond acceptors (Lipinski definition) is 10. The summed E-state index contributed by atoms with van der Waals surface area (Å²) in [6, 6.07) is -0.434. The van der Waals surface area contributed by atoms with E-state index in [0.717, 1.165) is 31.2 Å².